The second kappa shape index (κ2) is 11.7. The Labute approximate surface area is 163 Å². The molecule has 7 heteroatoms. The average Bonchev–Trinajstić information content (AvgIpc) is 2.64. The molecule has 0 spiro atoms. The maximum absolute atomic E-state index is 13.0. The molecule has 0 aliphatic rings. The van der Waals surface area contributed by atoms with Gasteiger partial charge in [0.15, 0.2) is 6.61 Å². The zero-order valence-corrected chi connectivity index (χ0v) is 15.8. The monoisotopic (exact) mass is 392 g/mol. The smallest absolute Gasteiger partial charge is 0.262 e. The molecule has 0 bridgehead atoms. The molecule has 0 radical (unpaired) electrons. The third kappa shape index (κ3) is 8.87. The standard InChI is InChI=1S/C20H22ClFN2O3/c1-4-18(11-17(22)12-21)27-13-19(25)24-15(3)8-9-23-20(26)16-7-5-6-14(2)10-16/h4-7,10-12H,1,3,8-9,13H2,2H3,(H,23,26)(H,24,25)/b17-12-,18-11+. The van der Waals surface area contributed by atoms with Gasteiger partial charge < -0.3 is 15.4 Å². The molecule has 2 amide bonds. The van der Waals surface area contributed by atoms with Gasteiger partial charge in [0.1, 0.15) is 11.6 Å². The summed E-state index contributed by atoms with van der Waals surface area (Å²) in [4.78, 5) is 23.8. The van der Waals surface area contributed by atoms with Crippen molar-refractivity contribution in [2.75, 3.05) is 13.2 Å². The number of halogens is 2. The molecule has 0 saturated heterocycles. The highest BCUT2D eigenvalue weighted by Gasteiger charge is 2.07. The topological polar surface area (TPSA) is 67.4 Å². The summed E-state index contributed by atoms with van der Waals surface area (Å²) >= 11 is 5.21. The fourth-order valence-corrected chi connectivity index (χ4v) is 2.05. The zero-order valence-electron chi connectivity index (χ0n) is 15.1. The van der Waals surface area contributed by atoms with Crippen LogP contribution in [0.2, 0.25) is 0 Å². The molecular formula is C20H22ClFN2O3. The van der Waals surface area contributed by atoms with Gasteiger partial charge in [-0.3, -0.25) is 9.59 Å². The number of hydrogen-bond donors (Lipinski definition) is 2. The summed E-state index contributed by atoms with van der Waals surface area (Å²) in [6, 6.07) is 7.23. The molecule has 2 N–H and O–H groups in total. The summed E-state index contributed by atoms with van der Waals surface area (Å²) < 4.78 is 18.1. The molecule has 0 fully saturated rings. The fraction of sp³-hybridized carbons (Fsp3) is 0.200. The van der Waals surface area contributed by atoms with Gasteiger partial charge in [0.05, 0.1) is 0 Å². The van der Waals surface area contributed by atoms with E-state index in [0.717, 1.165) is 17.2 Å². The first-order valence-corrected chi connectivity index (χ1v) is 8.54. The van der Waals surface area contributed by atoms with Gasteiger partial charge in [-0.05, 0) is 25.1 Å². The van der Waals surface area contributed by atoms with Crippen LogP contribution >= 0.6 is 11.6 Å². The van der Waals surface area contributed by atoms with E-state index in [1.165, 1.54) is 6.08 Å². The number of carbonyl (C=O) groups excluding carboxylic acids is 2. The van der Waals surface area contributed by atoms with Gasteiger partial charge in [0.2, 0.25) is 0 Å². The van der Waals surface area contributed by atoms with Gasteiger partial charge >= 0.3 is 0 Å². The number of amides is 2. The Hall–Kier alpha value is -2.86. The van der Waals surface area contributed by atoms with E-state index in [4.69, 9.17) is 16.3 Å². The van der Waals surface area contributed by atoms with E-state index < -0.39 is 11.7 Å². The summed E-state index contributed by atoms with van der Waals surface area (Å²) in [5, 5.41) is 5.30. The summed E-state index contributed by atoms with van der Waals surface area (Å²) in [5.74, 6) is -1.32. The van der Waals surface area contributed by atoms with E-state index in [1.807, 2.05) is 19.1 Å². The van der Waals surface area contributed by atoms with Crippen molar-refractivity contribution < 1.29 is 18.7 Å². The van der Waals surface area contributed by atoms with Crippen LogP contribution in [-0.4, -0.2) is 25.0 Å². The van der Waals surface area contributed by atoms with Crippen LogP contribution in [0.15, 0.2) is 72.4 Å². The third-order valence-corrected chi connectivity index (χ3v) is 3.47. The van der Waals surface area contributed by atoms with Gasteiger partial charge in [-0.15, -0.1) is 0 Å². The first-order chi connectivity index (χ1) is 12.8. The first kappa shape index (κ1) is 22.2. The number of carbonyl (C=O) groups is 2. The average molecular weight is 393 g/mol. The highest BCUT2D eigenvalue weighted by Crippen LogP contribution is 2.08. The number of nitrogens with one attached hydrogen (secondary N) is 2. The minimum absolute atomic E-state index is 0.0654. The van der Waals surface area contributed by atoms with E-state index in [-0.39, 0.29) is 18.3 Å². The van der Waals surface area contributed by atoms with Gasteiger partial charge in [0.25, 0.3) is 11.8 Å². The van der Waals surface area contributed by atoms with Gasteiger partial charge in [-0.1, -0.05) is 42.5 Å². The third-order valence-electron chi connectivity index (χ3n) is 3.26. The van der Waals surface area contributed by atoms with Crippen molar-refractivity contribution in [3.63, 3.8) is 0 Å². The SMILES string of the molecule is C=C/C(=C\C(F)=C\Cl)OCC(=O)NC(=C)CCNC(=O)c1cccc(C)c1. The summed E-state index contributed by atoms with van der Waals surface area (Å²) in [7, 11) is 0. The molecule has 0 saturated carbocycles. The maximum atomic E-state index is 13.0. The Morgan fingerprint density at radius 1 is 1.37 bits per heavy atom. The summed E-state index contributed by atoms with van der Waals surface area (Å²) in [6.45, 7) is 9.06. The van der Waals surface area contributed by atoms with Crippen molar-refractivity contribution >= 4 is 23.4 Å². The second-order valence-electron chi connectivity index (χ2n) is 5.56. The van der Waals surface area contributed by atoms with Crippen molar-refractivity contribution in [1.82, 2.24) is 10.6 Å². The molecule has 1 rings (SSSR count). The van der Waals surface area contributed by atoms with Crippen molar-refractivity contribution in [3.05, 3.63) is 83.5 Å². The van der Waals surface area contributed by atoms with Crippen molar-refractivity contribution in [3.8, 4) is 0 Å². The number of aryl methyl sites for hydroxylation is 1. The molecule has 0 unspecified atom stereocenters. The van der Waals surface area contributed by atoms with E-state index in [2.05, 4.69) is 23.8 Å². The Balaban J connectivity index is 2.35. The summed E-state index contributed by atoms with van der Waals surface area (Å²) in [5.41, 5.74) is 2.72. The van der Waals surface area contributed by atoms with E-state index >= 15 is 0 Å². The van der Waals surface area contributed by atoms with Crippen LogP contribution < -0.4 is 10.6 Å². The fourth-order valence-electron chi connectivity index (χ4n) is 1.99. The molecule has 0 atom stereocenters. The molecule has 0 aliphatic carbocycles. The highest BCUT2D eigenvalue weighted by atomic mass is 35.5. The van der Waals surface area contributed by atoms with Crippen LogP contribution in [0.25, 0.3) is 0 Å². The lowest BCUT2D eigenvalue weighted by Gasteiger charge is -2.11. The van der Waals surface area contributed by atoms with E-state index in [9.17, 15) is 14.0 Å². The number of hydrogen-bond acceptors (Lipinski definition) is 3. The van der Waals surface area contributed by atoms with Crippen LogP contribution in [0.1, 0.15) is 22.3 Å². The number of allylic oxidation sites excluding steroid dienone is 3. The van der Waals surface area contributed by atoms with Crippen molar-refractivity contribution in [1.29, 1.82) is 0 Å². The van der Waals surface area contributed by atoms with E-state index in [1.54, 1.807) is 12.1 Å². The van der Waals surface area contributed by atoms with Crippen LogP contribution in [-0.2, 0) is 9.53 Å². The number of ether oxygens (including phenoxy) is 1. The van der Waals surface area contributed by atoms with Crippen LogP contribution in [0.3, 0.4) is 0 Å². The molecule has 0 aliphatic heterocycles. The lowest BCUT2D eigenvalue weighted by atomic mass is 10.1. The maximum Gasteiger partial charge on any atom is 0.262 e. The Bertz CT molecular complexity index is 772. The molecular weight excluding hydrogens is 371 g/mol. The molecule has 1 aromatic carbocycles. The normalized spacial score (nSPS) is 11.5. The minimum Gasteiger partial charge on any atom is -0.484 e. The predicted octanol–water partition coefficient (Wildman–Crippen LogP) is 3.88. The molecule has 144 valence electrons. The van der Waals surface area contributed by atoms with Crippen molar-refractivity contribution in [2.24, 2.45) is 0 Å². The quantitative estimate of drug-likeness (QED) is 0.469. The van der Waals surface area contributed by atoms with E-state index in [0.29, 0.717) is 24.2 Å². The Morgan fingerprint density at radius 2 is 2.11 bits per heavy atom. The molecule has 0 aromatic heterocycles. The molecule has 1 aromatic rings. The predicted molar refractivity (Wildman–Crippen MR) is 105 cm³/mol. The number of benzene rings is 1. The largest absolute Gasteiger partial charge is 0.484 e. The Kier molecular flexibility index (Phi) is 9.61. The summed E-state index contributed by atoms with van der Waals surface area (Å²) in [6.07, 6.45) is 2.61. The van der Waals surface area contributed by atoms with Crippen LogP contribution in [0.5, 0.6) is 0 Å². The first-order valence-electron chi connectivity index (χ1n) is 8.11. The second-order valence-corrected chi connectivity index (χ2v) is 5.78. The Morgan fingerprint density at radius 3 is 2.74 bits per heavy atom. The van der Waals surface area contributed by atoms with Gasteiger partial charge in [0, 0.05) is 35.8 Å². The highest BCUT2D eigenvalue weighted by molar-refractivity contribution is 6.25. The minimum atomic E-state index is -0.722. The lowest BCUT2D eigenvalue weighted by Crippen LogP contribution is -2.30. The van der Waals surface area contributed by atoms with Crippen LogP contribution in [0, 0.1) is 6.92 Å². The number of rotatable bonds is 10. The van der Waals surface area contributed by atoms with Gasteiger partial charge in [-0.2, -0.15) is 0 Å². The van der Waals surface area contributed by atoms with Crippen LogP contribution in [0.4, 0.5) is 4.39 Å². The molecule has 0 heterocycles. The van der Waals surface area contributed by atoms with Gasteiger partial charge in [-0.25, -0.2) is 4.39 Å². The molecule has 5 nitrogen and oxygen atoms in total. The lowest BCUT2D eigenvalue weighted by molar-refractivity contribution is -0.123. The zero-order chi connectivity index (χ0) is 20.2. The van der Waals surface area contributed by atoms with Crippen molar-refractivity contribution in [2.45, 2.75) is 13.3 Å². The molecule has 27 heavy (non-hydrogen) atoms.